The van der Waals surface area contributed by atoms with Crippen LogP contribution >= 0.6 is 0 Å². The van der Waals surface area contributed by atoms with Crippen LogP contribution in [0.2, 0.25) is 0 Å². The van der Waals surface area contributed by atoms with Gasteiger partial charge in [-0.15, -0.1) is 0 Å². The van der Waals surface area contributed by atoms with E-state index in [2.05, 4.69) is 10.6 Å². The van der Waals surface area contributed by atoms with E-state index in [4.69, 9.17) is 4.74 Å². The molecule has 2 N–H and O–H groups in total. The van der Waals surface area contributed by atoms with E-state index in [9.17, 15) is 9.59 Å². The molecule has 21 heavy (non-hydrogen) atoms. The minimum absolute atomic E-state index is 0.154. The number of ether oxygens (including phenoxy) is 1. The van der Waals surface area contributed by atoms with Crippen LogP contribution in [0.1, 0.15) is 33.3 Å². The van der Waals surface area contributed by atoms with Crippen molar-refractivity contribution < 1.29 is 14.3 Å². The van der Waals surface area contributed by atoms with Crippen molar-refractivity contribution in [1.29, 1.82) is 0 Å². The zero-order valence-electron chi connectivity index (χ0n) is 13.3. The van der Waals surface area contributed by atoms with E-state index in [0.717, 1.165) is 5.56 Å². The molecule has 0 fully saturated rings. The largest absolute Gasteiger partial charge is 0.380 e. The highest BCUT2D eigenvalue weighted by Gasteiger charge is 2.25. The fourth-order valence-corrected chi connectivity index (χ4v) is 1.63. The number of rotatable bonds is 5. The Morgan fingerprint density at radius 2 is 1.95 bits per heavy atom. The molecule has 0 saturated heterocycles. The third kappa shape index (κ3) is 5.55. The van der Waals surface area contributed by atoms with Crippen molar-refractivity contribution in [3.05, 3.63) is 29.8 Å². The van der Waals surface area contributed by atoms with Gasteiger partial charge in [-0.2, -0.15) is 0 Å². The van der Waals surface area contributed by atoms with Crippen LogP contribution in [0, 0.1) is 5.41 Å². The predicted octanol–water partition coefficient (Wildman–Crippen LogP) is 2.32. The smallest absolute Gasteiger partial charge is 0.246 e. The first-order valence-corrected chi connectivity index (χ1v) is 6.93. The molecular formula is C16H24N2O3. The Labute approximate surface area is 126 Å². The van der Waals surface area contributed by atoms with E-state index >= 15 is 0 Å². The predicted molar refractivity (Wildman–Crippen MR) is 82.8 cm³/mol. The van der Waals surface area contributed by atoms with E-state index in [0.29, 0.717) is 12.3 Å². The Balaban J connectivity index is 2.64. The number of amides is 2. The highest BCUT2D eigenvalue weighted by atomic mass is 16.5. The van der Waals surface area contributed by atoms with Gasteiger partial charge in [-0.25, -0.2) is 0 Å². The van der Waals surface area contributed by atoms with Gasteiger partial charge in [-0.05, 0) is 24.6 Å². The first-order chi connectivity index (χ1) is 9.74. The average molecular weight is 292 g/mol. The van der Waals surface area contributed by atoms with Crippen molar-refractivity contribution in [2.24, 2.45) is 5.41 Å². The summed E-state index contributed by atoms with van der Waals surface area (Å²) in [6.45, 7) is 7.57. The van der Waals surface area contributed by atoms with Crippen molar-refractivity contribution in [2.75, 3.05) is 12.4 Å². The van der Waals surface area contributed by atoms with Crippen LogP contribution in [0.4, 0.5) is 5.69 Å². The zero-order valence-corrected chi connectivity index (χ0v) is 13.3. The second-order valence-corrected chi connectivity index (χ2v) is 6.07. The molecule has 1 rings (SSSR count). The normalized spacial score (nSPS) is 12.6. The van der Waals surface area contributed by atoms with Gasteiger partial charge in [0, 0.05) is 18.2 Å². The Hall–Kier alpha value is -1.88. The van der Waals surface area contributed by atoms with Gasteiger partial charge in [0.05, 0.1) is 6.61 Å². The van der Waals surface area contributed by atoms with Crippen LogP contribution in [0.5, 0.6) is 0 Å². The zero-order chi connectivity index (χ0) is 16.0. The molecule has 1 aromatic carbocycles. The lowest BCUT2D eigenvalue weighted by atomic mass is 9.95. The summed E-state index contributed by atoms with van der Waals surface area (Å²) in [7, 11) is 1.62. The first kappa shape index (κ1) is 17.2. The van der Waals surface area contributed by atoms with Crippen molar-refractivity contribution in [1.82, 2.24) is 5.32 Å². The highest BCUT2D eigenvalue weighted by molar-refractivity contribution is 5.97. The standard InChI is InChI=1S/C16H24N2O3/c1-11(17-15(20)16(2,3)4)14(19)18-13-8-6-7-12(9-13)10-21-5/h6-9,11H,10H2,1-5H3,(H,17,20)(H,18,19)/t11-/m0/s1. The topological polar surface area (TPSA) is 67.4 Å². The van der Waals surface area contributed by atoms with E-state index in [1.807, 2.05) is 18.2 Å². The molecule has 0 aliphatic heterocycles. The van der Waals surface area contributed by atoms with Gasteiger partial charge in [0.1, 0.15) is 6.04 Å². The molecule has 0 saturated carbocycles. The molecule has 0 aromatic heterocycles. The lowest BCUT2D eigenvalue weighted by Crippen LogP contribution is -2.46. The number of carbonyl (C=O) groups excluding carboxylic acids is 2. The fraction of sp³-hybridized carbons (Fsp3) is 0.500. The maximum Gasteiger partial charge on any atom is 0.246 e. The molecule has 2 amide bonds. The Bertz CT molecular complexity index is 506. The number of hydrogen-bond donors (Lipinski definition) is 2. The summed E-state index contributed by atoms with van der Waals surface area (Å²) < 4.78 is 5.06. The molecule has 116 valence electrons. The molecule has 0 bridgehead atoms. The molecule has 0 spiro atoms. The van der Waals surface area contributed by atoms with Crippen molar-refractivity contribution in [3.8, 4) is 0 Å². The van der Waals surface area contributed by atoms with Crippen LogP contribution in [0.3, 0.4) is 0 Å². The van der Waals surface area contributed by atoms with Crippen molar-refractivity contribution in [2.45, 2.75) is 40.3 Å². The maximum absolute atomic E-state index is 12.1. The van der Waals surface area contributed by atoms with Crippen LogP contribution in [0.25, 0.3) is 0 Å². The molecule has 0 aliphatic rings. The van der Waals surface area contributed by atoms with Gasteiger partial charge in [0.15, 0.2) is 0 Å². The summed E-state index contributed by atoms with van der Waals surface area (Å²) in [5, 5.41) is 5.49. The highest BCUT2D eigenvalue weighted by Crippen LogP contribution is 2.14. The second-order valence-electron chi connectivity index (χ2n) is 6.07. The minimum atomic E-state index is -0.595. The van der Waals surface area contributed by atoms with Gasteiger partial charge in [-0.1, -0.05) is 32.9 Å². The molecule has 1 atom stereocenters. The number of carbonyl (C=O) groups is 2. The van der Waals surface area contributed by atoms with Gasteiger partial charge in [0.25, 0.3) is 0 Å². The second kappa shape index (κ2) is 7.22. The summed E-state index contributed by atoms with van der Waals surface area (Å²) in [4.78, 5) is 24.0. The van der Waals surface area contributed by atoms with E-state index < -0.39 is 11.5 Å². The van der Waals surface area contributed by atoms with Crippen LogP contribution in [0.15, 0.2) is 24.3 Å². The third-order valence-corrected chi connectivity index (χ3v) is 2.93. The number of benzene rings is 1. The Morgan fingerprint density at radius 1 is 1.29 bits per heavy atom. The van der Waals surface area contributed by atoms with Crippen molar-refractivity contribution in [3.63, 3.8) is 0 Å². The fourth-order valence-electron chi connectivity index (χ4n) is 1.63. The van der Waals surface area contributed by atoms with Gasteiger partial charge in [0.2, 0.25) is 11.8 Å². The summed E-state index contributed by atoms with van der Waals surface area (Å²) in [6.07, 6.45) is 0. The lowest BCUT2D eigenvalue weighted by Gasteiger charge is -2.21. The molecule has 1 aromatic rings. The molecule has 5 nitrogen and oxygen atoms in total. The molecule has 0 aliphatic carbocycles. The third-order valence-electron chi connectivity index (χ3n) is 2.93. The number of methoxy groups -OCH3 is 1. The van der Waals surface area contributed by atoms with Gasteiger partial charge < -0.3 is 15.4 Å². The van der Waals surface area contributed by atoms with Crippen LogP contribution < -0.4 is 10.6 Å². The average Bonchev–Trinajstić information content (AvgIpc) is 2.38. The van der Waals surface area contributed by atoms with E-state index in [1.54, 1.807) is 40.9 Å². The molecule has 0 radical (unpaired) electrons. The number of hydrogen-bond acceptors (Lipinski definition) is 3. The van der Waals surface area contributed by atoms with Gasteiger partial charge in [-0.3, -0.25) is 9.59 Å². The molecule has 5 heteroatoms. The SMILES string of the molecule is COCc1cccc(NC(=O)[C@H](C)NC(=O)C(C)(C)C)c1. The quantitative estimate of drug-likeness (QED) is 0.875. The molecule has 0 heterocycles. The Kier molecular flexibility index (Phi) is 5.90. The molecule has 0 unspecified atom stereocenters. The lowest BCUT2D eigenvalue weighted by molar-refractivity contribution is -0.131. The number of anilines is 1. The summed E-state index contributed by atoms with van der Waals surface area (Å²) >= 11 is 0. The van der Waals surface area contributed by atoms with Crippen LogP contribution in [-0.2, 0) is 20.9 Å². The van der Waals surface area contributed by atoms with Crippen molar-refractivity contribution >= 4 is 17.5 Å². The Morgan fingerprint density at radius 3 is 2.52 bits per heavy atom. The van der Waals surface area contributed by atoms with Crippen LogP contribution in [-0.4, -0.2) is 25.0 Å². The minimum Gasteiger partial charge on any atom is -0.380 e. The maximum atomic E-state index is 12.1. The summed E-state index contributed by atoms with van der Waals surface area (Å²) in [6, 6.07) is 6.82. The first-order valence-electron chi connectivity index (χ1n) is 6.93. The number of nitrogens with one attached hydrogen (secondary N) is 2. The monoisotopic (exact) mass is 292 g/mol. The van der Waals surface area contributed by atoms with E-state index in [1.165, 1.54) is 0 Å². The summed E-state index contributed by atoms with van der Waals surface area (Å²) in [5.41, 5.74) is 1.14. The molecular weight excluding hydrogens is 268 g/mol. The summed E-state index contributed by atoms with van der Waals surface area (Å²) in [5.74, 6) is -0.402. The van der Waals surface area contributed by atoms with Gasteiger partial charge >= 0.3 is 0 Å². The van der Waals surface area contributed by atoms with E-state index in [-0.39, 0.29) is 11.8 Å².